The average Bonchev–Trinajstić information content (AvgIpc) is 2.50. The van der Waals surface area contributed by atoms with Gasteiger partial charge in [0.15, 0.2) is 0 Å². The smallest absolute Gasteiger partial charge is 0.257 e. The van der Waals surface area contributed by atoms with E-state index in [0.717, 1.165) is 0 Å². The maximum Gasteiger partial charge on any atom is 0.257 e. The number of benzene rings is 1. The standard InChI is InChI=1S/C16H15N3O2/c1-2-4-15(20)18-13-6-8-14(9-7-13)19-16(21)12-5-3-10-17-11-12/h2-11H,1H3,(H,18,20)(H,19,21)/b4-2+. The van der Waals surface area contributed by atoms with Crippen molar-refractivity contribution in [3.8, 4) is 0 Å². The maximum atomic E-state index is 11.9. The van der Waals surface area contributed by atoms with E-state index in [-0.39, 0.29) is 11.8 Å². The molecule has 0 unspecified atom stereocenters. The van der Waals surface area contributed by atoms with Crippen molar-refractivity contribution in [2.45, 2.75) is 6.92 Å². The topological polar surface area (TPSA) is 71.1 Å². The first-order chi connectivity index (χ1) is 10.2. The molecule has 5 heteroatoms. The molecule has 0 fully saturated rings. The third-order valence-corrected chi connectivity index (χ3v) is 2.65. The molecule has 0 aliphatic carbocycles. The van der Waals surface area contributed by atoms with Crippen molar-refractivity contribution in [3.05, 3.63) is 66.5 Å². The molecule has 0 radical (unpaired) electrons. The van der Waals surface area contributed by atoms with Crippen molar-refractivity contribution in [2.75, 3.05) is 10.6 Å². The summed E-state index contributed by atoms with van der Waals surface area (Å²) in [5, 5.41) is 5.46. The van der Waals surface area contributed by atoms with Crippen LogP contribution in [0, 0.1) is 0 Å². The predicted octanol–water partition coefficient (Wildman–Crippen LogP) is 2.85. The number of aromatic nitrogens is 1. The Hall–Kier alpha value is -2.95. The molecule has 2 aromatic rings. The van der Waals surface area contributed by atoms with E-state index in [0.29, 0.717) is 16.9 Å². The largest absolute Gasteiger partial charge is 0.323 e. The first-order valence-electron chi connectivity index (χ1n) is 6.44. The van der Waals surface area contributed by atoms with Gasteiger partial charge in [0.1, 0.15) is 0 Å². The van der Waals surface area contributed by atoms with Crippen LogP contribution in [-0.4, -0.2) is 16.8 Å². The summed E-state index contributed by atoms with van der Waals surface area (Å²) in [6, 6.07) is 10.3. The van der Waals surface area contributed by atoms with Gasteiger partial charge >= 0.3 is 0 Å². The fraction of sp³-hybridized carbons (Fsp3) is 0.0625. The Labute approximate surface area is 122 Å². The third-order valence-electron chi connectivity index (χ3n) is 2.65. The fourth-order valence-corrected chi connectivity index (χ4v) is 1.67. The summed E-state index contributed by atoms with van der Waals surface area (Å²) in [7, 11) is 0. The van der Waals surface area contributed by atoms with Crippen LogP contribution in [0.4, 0.5) is 11.4 Å². The van der Waals surface area contributed by atoms with Crippen molar-refractivity contribution >= 4 is 23.2 Å². The molecule has 1 aromatic heterocycles. The Balaban J connectivity index is 1.99. The number of allylic oxidation sites excluding steroid dienone is 1. The molecule has 0 saturated heterocycles. The molecule has 2 amide bonds. The zero-order chi connectivity index (χ0) is 15.1. The molecule has 1 aromatic carbocycles. The fourth-order valence-electron chi connectivity index (χ4n) is 1.67. The van der Waals surface area contributed by atoms with Gasteiger partial charge in [-0.05, 0) is 49.4 Å². The van der Waals surface area contributed by atoms with Crippen molar-refractivity contribution in [1.82, 2.24) is 4.98 Å². The van der Waals surface area contributed by atoms with Gasteiger partial charge in [-0.3, -0.25) is 14.6 Å². The van der Waals surface area contributed by atoms with Gasteiger partial charge in [0.2, 0.25) is 5.91 Å². The third kappa shape index (κ3) is 4.28. The summed E-state index contributed by atoms with van der Waals surface area (Å²) < 4.78 is 0. The van der Waals surface area contributed by atoms with Crippen LogP contribution in [0.15, 0.2) is 60.9 Å². The number of pyridine rings is 1. The molecule has 0 saturated carbocycles. The van der Waals surface area contributed by atoms with Crippen LogP contribution in [0.3, 0.4) is 0 Å². The van der Waals surface area contributed by atoms with Gasteiger partial charge < -0.3 is 10.6 Å². The highest BCUT2D eigenvalue weighted by Gasteiger charge is 2.05. The van der Waals surface area contributed by atoms with Crippen LogP contribution in [0.2, 0.25) is 0 Å². The summed E-state index contributed by atoms with van der Waals surface area (Å²) in [5.74, 6) is -0.418. The summed E-state index contributed by atoms with van der Waals surface area (Å²) in [4.78, 5) is 27.2. The lowest BCUT2D eigenvalue weighted by Crippen LogP contribution is -2.12. The SMILES string of the molecule is C/C=C/C(=O)Nc1ccc(NC(=O)c2cccnc2)cc1. The number of amides is 2. The van der Waals surface area contributed by atoms with Gasteiger partial charge in [0.05, 0.1) is 5.56 Å². The van der Waals surface area contributed by atoms with Crippen LogP contribution in [0.1, 0.15) is 17.3 Å². The minimum absolute atomic E-state index is 0.190. The Kier molecular flexibility index (Phi) is 4.82. The predicted molar refractivity (Wildman–Crippen MR) is 82.1 cm³/mol. The van der Waals surface area contributed by atoms with Gasteiger partial charge in [0.25, 0.3) is 5.91 Å². The monoisotopic (exact) mass is 281 g/mol. The van der Waals surface area contributed by atoms with Gasteiger partial charge in [-0.1, -0.05) is 6.08 Å². The lowest BCUT2D eigenvalue weighted by Gasteiger charge is -2.06. The molecule has 106 valence electrons. The highest BCUT2D eigenvalue weighted by molar-refractivity contribution is 6.04. The molecule has 21 heavy (non-hydrogen) atoms. The molecule has 1 heterocycles. The molecule has 0 spiro atoms. The summed E-state index contributed by atoms with van der Waals surface area (Å²) in [5.41, 5.74) is 1.80. The summed E-state index contributed by atoms with van der Waals surface area (Å²) in [6.07, 6.45) is 6.22. The van der Waals surface area contributed by atoms with E-state index in [1.54, 1.807) is 55.6 Å². The number of carbonyl (C=O) groups excluding carboxylic acids is 2. The lowest BCUT2D eigenvalue weighted by atomic mass is 10.2. The molecule has 0 aliphatic heterocycles. The zero-order valence-corrected chi connectivity index (χ0v) is 11.5. The van der Waals surface area contributed by atoms with Gasteiger partial charge in [-0.2, -0.15) is 0 Å². The normalized spacial score (nSPS) is 10.3. The van der Waals surface area contributed by atoms with Crippen LogP contribution in [0.25, 0.3) is 0 Å². The van der Waals surface area contributed by atoms with Crippen molar-refractivity contribution in [1.29, 1.82) is 0 Å². The van der Waals surface area contributed by atoms with E-state index in [4.69, 9.17) is 0 Å². The average molecular weight is 281 g/mol. The van der Waals surface area contributed by atoms with Gasteiger partial charge in [0, 0.05) is 23.8 Å². The van der Waals surface area contributed by atoms with E-state index in [9.17, 15) is 9.59 Å². The van der Waals surface area contributed by atoms with E-state index >= 15 is 0 Å². The highest BCUT2D eigenvalue weighted by Crippen LogP contribution is 2.14. The Morgan fingerprint density at radius 1 is 1.05 bits per heavy atom. The Bertz CT molecular complexity index is 649. The first-order valence-corrected chi connectivity index (χ1v) is 6.44. The van der Waals surface area contributed by atoms with E-state index < -0.39 is 0 Å². The highest BCUT2D eigenvalue weighted by atomic mass is 16.2. The van der Waals surface area contributed by atoms with Crippen LogP contribution < -0.4 is 10.6 Å². The maximum absolute atomic E-state index is 11.9. The first kappa shape index (κ1) is 14.5. The number of anilines is 2. The van der Waals surface area contributed by atoms with E-state index in [2.05, 4.69) is 15.6 Å². The molecule has 2 rings (SSSR count). The van der Waals surface area contributed by atoms with Crippen molar-refractivity contribution in [2.24, 2.45) is 0 Å². The minimum atomic E-state index is -0.228. The van der Waals surface area contributed by atoms with Gasteiger partial charge in [-0.25, -0.2) is 0 Å². The molecular formula is C16H15N3O2. The second kappa shape index (κ2) is 7.00. The van der Waals surface area contributed by atoms with Crippen LogP contribution in [0.5, 0.6) is 0 Å². The molecule has 0 bridgehead atoms. The molecule has 0 atom stereocenters. The molecular weight excluding hydrogens is 266 g/mol. The summed E-state index contributed by atoms with van der Waals surface area (Å²) >= 11 is 0. The van der Waals surface area contributed by atoms with E-state index in [1.165, 1.54) is 12.3 Å². The number of hydrogen-bond acceptors (Lipinski definition) is 3. The number of rotatable bonds is 4. The lowest BCUT2D eigenvalue weighted by molar-refractivity contribution is -0.111. The zero-order valence-electron chi connectivity index (χ0n) is 11.5. The Morgan fingerprint density at radius 2 is 1.71 bits per heavy atom. The Morgan fingerprint density at radius 3 is 2.29 bits per heavy atom. The van der Waals surface area contributed by atoms with E-state index in [1.807, 2.05) is 0 Å². The van der Waals surface area contributed by atoms with Crippen molar-refractivity contribution < 1.29 is 9.59 Å². The molecule has 5 nitrogen and oxygen atoms in total. The number of hydrogen-bond donors (Lipinski definition) is 2. The number of nitrogens with zero attached hydrogens (tertiary/aromatic N) is 1. The minimum Gasteiger partial charge on any atom is -0.323 e. The number of carbonyl (C=O) groups is 2. The van der Waals surface area contributed by atoms with Gasteiger partial charge in [-0.15, -0.1) is 0 Å². The van der Waals surface area contributed by atoms with Crippen LogP contribution >= 0.6 is 0 Å². The molecule has 0 aliphatic rings. The molecule has 2 N–H and O–H groups in total. The second-order valence-corrected chi connectivity index (χ2v) is 4.26. The number of nitrogens with one attached hydrogen (secondary N) is 2. The quantitative estimate of drug-likeness (QED) is 0.846. The van der Waals surface area contributed by atoms with Crippen LogP contribution in [-0.2, 0) is 4.79 Å². The van der Waals surface area contributed by atoms with Crippen molar-refractivity contribution in [3.63, 3.8) is 0 Å². The summed E-state index contributed by atoms with van der Waals surface area (Å²) in [6.45, 7) is 1.77. The second-order valence-electron chi connectivity index (χ2n) is 4.26.